The second kappa shape index (κ2) is 6.29. The van der Waals surface area contributed by atoms with Gasteiger partial charge in [0.05, 0.1) is 6.61 Å². The number of aryl methyl sites for hydroxylation is 1. The van der Waals surface area contributed by atoms with E-state index >= 15 is 0 Å². The van der Waals surface area contributed by atoms with Gasteiger partial charge in [0.1, 0.15) is 12.2 Å². The van der Waals surface area contributed by atoms with Crippen LogP contribution in [0, 0.1) is 5.41 Å². The normalized spacial score (nSPS) is 23.7. The zero-order valence-corrected chi connectivity index (χ0v) is 11.5. The smallest absolute Gasteiger partial charge is 0.138 e. The van der Waals surface area contributed by atoms with Gasteiger partial charge < -0.3 is 10.1 Å². The van der Waals surface area contributed by atoms with Crippen molar-refractivity contribution in [1.82, 2.24) is 20.1 Å². The molecule has 0 aromatic carbocycles. The first-order valence-electron chi connectivity index (χ1n) is 6.95. The zero-order valence-electron chi connectivity index (χ0n) is 11.5. The number of ether oxygens (including phenoxy) is 1. The molecule has 1 unspecified atom stereocenters. The molecule has 1 fully saturated rings. The van der Waals surface area contributed by atoms with Gasteiger partial charge in [-0.3, -0.25) is 4.68 Å². The van der Waals surface area contributed by atoms with Crippen molar-refractivity contribution >= 4 is 0 Å². The maximum Gasteiger partial charge on any atom is 0.138 e. The zero-order chi connectivity index (χ0) is 12.8. The highest BCUT2D eigenvalue weighted by molar-refractivity contribution is 4.97. The third-order valence-corrected chi connectivity index (χ3v) is 3.64. The standard InChI is InChI=1S/C13H24N4O/c1-3-6-14-9-13(5-7-18-10-13)8-12-15-11-16-17(12)4-2/h11,14H,3-10H2,1-2H3. The Hall–Kier alpha value is -0.940. The summed E-state index contributed by atoms with van der Waals surface area (Å²) < 4.78 is 7.60. The lowest BCUT2D eigenvalue weighted by Gasteiger charge is -2.27. The van der Waals surface area contributed by atoms with E-state index in [1.807, 2.05) is 4.68 Å². The van der Waals surface area contributed by atoms with Gasteiger partial charge in [-0.2, -0.15) is 5.10 Å². The Kier molecular flexibility index (Phi) is 4.72. The van der Waals surface area contributed by atoms with Crippen LogP contribution in [0.3, 0.4) is 0 Å². The van der Waals surface area contributed by atoms with Crippen molar-refractivity contribution in [3.05, 3.63) is 12.2 Å². The summed E-state index contributed by atoms with van der Waals surface area (Å²) in [4.78, 5) is 4.39. The maximum absolute atomic E-state index is 5.62. The molecule has 1 aliphatic rings. The Morgan fingerprint density at radius 2 is 2.39 bits per heavy atom. The summed E-state index contributed by atoms with van der Waals surface area (Å²) >= 11 is 0. The molecule has 0 aliphatic carbocycles. The summed E-state index contributed by atoms with van der Waals surface area (Å²) in [6.45, 7) is 8.96. The average molecular weight is 252 g/mol. The molecule has 5 heteroatoms. The molecule has 1 aliphatic heterocycles. The Balaban J connectivity index is 2.01. The molecule has 0 saturated carbocycles. The molecule has 2 rings (SSSR count). The van der Waals surface area contributed by atoms with E-state index < -0.39 is 0 Å². The fourth-order valence-electron chi connectivity index (χ4n) is 2.55. The maximum atomic E-state index is 5.62. The van der Waals surface area contributed by atoms with E-state index in [4.69, 9.17) is 4.74 Å². The first-order valence-corrected chi connectivity index (χ1v) is 6.95. The number of nitrogens with one attached hydrogen (secondary N) is 1. The predicted molar refractivity (Wildman–Crippen MR) is 70.4 cm³/mol. The van der Waals surface area contributed by atoms with Crippen LogP contribution in [0.1, 0.15) is 32.5 Å². The minimum Gasteiger partial charge on any atom is -0.381 e. The van der Waals surface area contributed by atoms with Crippen LogP contribution in [0.25, 0.3) is 0 Å². The minimum absolute atomic E-state index is 0.203. The van der Waals surface area contributed by atoms with Crippen LogP contribution in [0.2, 0.25) is 0 Å². The number of hydrogen-bond donors (Lipinski definition) is 1. The molecular formula is C13H24N4O. The lowest BCUT2D eigenvalue weighted by molar-refractivity contribution is 0.147. The van der Waals surface area contributed by atoms with Crippen molar-refractivity contribution in [3.8, 4) is 0 Å². The fourth-order valence-corrected chi connectivity index (χ4v) is 2.55. The average Bonchev–Trinajstić information content (AvgIpc) is 3.00. The van der Waals surface area contributed by atoms with Gasteiger partial charge in [0.15, 0.2) is 0 Å². The summed E-state index contributed by atoms with van der Waals surface area (Å²) in [6.07, 6.45) is 4.89. The third-order valence-electron chi connectivity index (χ3n) is 3.64. The lowest BCUT2D eigenvalue weighted by atomic mass is 9.83. The third kappa shape index (κ3) is 3.09. The van der Waals surface area contributed by atoms with Gasteiger partial charge in [-0.25, -0.2) is 4.98 Å². The lowest BCUT2D eigenvalue weighted by Crippen LogP contribution is -2.37. The van der Waals surface area contributed by atoms with Crippen molar-refractivity contribution in [2.24, 2.45) is 5.41 Å². The molecular weight excluding hydrogens is 228 g/mol. The minimum atomic E-state index is 0.203. The highest BCUT2D eigenvalue weighted by Gasteiger charge is 2.36. The summed E-state index contributed by atoms with van der Waals surface area (Å²) in [5, 5.41) is 7.78. The monoisotopic (exact) mass is 252 g/mol. The molecule has 102 valence electrons. The van der Waals surface area contributed by atoms with Crippen LogP contribution in [0.15, 0.2) is 6.33 Å². The molecule has 1 aromatic heterocycles. The SMILES string of the molecule is CCCNCC1(Cc2ncnn2CC)CCOC1. The number of hydrogen-bond acceptors (Lipinski definition) is 4. The van der Waals surface area contributed by atoms with Gasteiger partial charge in [-0.15, -0.1) is 0 Å². The number of aromatic nitrogens is 3. The van der Waals surface area contributed by atoms with E-state index in [9.17, 15) is 0 Å². The van der Waals surface area contributed by atoms with E-state index in [1.165, 1.54) is 6.42 Å². The van der Waals surface area contributed by atoms with Crippen molar-refractivity contribution in [2.75, 3.05) is 26.3 Å². The molecule has 18 heavy (non-hydrogen) atoms. The second-order valence-electron chi connectivity index (χ2n) is 5.15. The molecule has 1 N–H and O–H groups in total. The molecule has 0 bridgehead atoms. The topological polar surface area (TPSA) is 52.0 Å². The Morgan fingerprint density at radius 3 is 3.06 bits per heavy atom. The molecule has 0 amide bonds. The highest BCUT2D eigenvalue weighted by atomic mass is 16.5. The molecule has 0 spiro atoms. The van der Waals surface area contributed by atoms with Gasteiger partial charge in [-0.05, 0) is 26.3 Å². The van der Waals surface area contributed by atoms with Crippen LogP contribution in [-0.4, -0.2) is 41.1 Å². The van der Waals surface area contributed by atoms with Crippen molar-refractivity contribution in [3.63, 3.8) is 0 Å². The summed E-state index contributed by atoms with van der Waals surface area (Å²) in [6, 6.07) is 0. The van der Waals surface area contributed by atoms with Gasteiger partial charge in [-0.1, -0.05) is 6.92 Å². The Labute approximate surface area is 109 Å². The van der Waals surface area contributed by atoms with Crippen molar-refractivity contribution in [1.29, 1.82) is 0 Å². The van der Waals surface area contributed by atoms with Crippen molar-refractivity contribution in [2.45, 2.75) is 39.7 Å². The first-order chi connectivity index (χ1) is 8.79. The second-order valence-corrected chi connectivity index (χ2v) is 5.15. The number of rotatable bonds is 7. The summed E-state index contributed by atoms with van der Waals surface area (Å²) in [5.74, 6) is 1.08. The summed E-state index contributed by atoms with van der Waals surface area (Å²) in [7, 11) is 0. The van der Waals surface area contributed by atoms with E-state index in [-0.39, 0.29) is 5.41 Å². The van der Waals surface area contributed by atoms with Crippen LogP contribution in [-0.2, 0) is 17.7 Å². The van der Waals surface area contributed by atoms with Crippen LogP contribution >= 0.6 is 0 Å². The number of nitrogens with zero attached hydrogens (tertiary/aromatic N) is 3. The van der Waals surface area contributed by atoms with Crippen LogP contribution in [0.5, 0.6) is 0 Å². The largest absolute Gasteiger partial charge is 0.381 e. The molecule has 2 heterocycles. The molecule has 1 atom stereocenters. The van der Waals surface area contributed by atoms with Gasteiger partial charge in [0.2, 0.25) is 0 Å². The summed E-state index contributed by atoms with van der Waals surface area (Å²) in [5.41, 5.74) is 0.203. The molecule has 1 saturated heterocycles. The van der Waals surface area contributed by atoms with E-state index in [1.54, 1.807) is 6.33 Å². The quantitative estimate of drug-likeness (QED) is 0.742. The fraction of sp³-hybridized carbons (Fsp3) is 0.846. The van der Waals surface area contributed by atoms with Crippen molar-refractivity contribution < 1.29 is 4.74 Å². The Bertz CT molecular complexity index is 358. The van der Waals surface area contributed by atoms with Gasteiger partial charge >= 0.3 is 0 Å². The van der Waals surface area contributed by atoms with Crippen LogP contribution in [0.4, 0.5) is 0 Å². The van der Waals surface area contributed by atoms with Crippen LogP contribution < -0.4 is 5.32 Å². The first kappa shape index (κ1) is 13.5. The molecule has 0 radical (unpaired) electrons. The predicted octanol–water partition coefficient (Wildman–Crippen LogP) is 1.25. The van der Waals surface area contributed by atoms with E-state index in [0.717, 1.165) is 51.5 Å². The van der Waals surface area contributed by atoms with E-state index in [0.29, 0.717) is 0 Å². The Morgan fingerprint density at radius 1 is 1.50 bits per heavy atom. The molecule has 5 nitrogen and oxygen atoms in total. The highest BCUT2D eigenvalue weighted by Crippen LogP contribution is 2.31. The van der Waals surface area contributed by atoms with Gasteiger partial charge in [0.25, 0.3) is 0 Å². The van der Waals surface area contributed by atoms with Gasteiger partial charge in [0, 0.05) is 31.5 Å². The van der Waals surface area contributed by atoms with E-state index in [2.05, 4.69) is 29.2 Å². The molecule has 1 aromatic rings.